The van der Waals surface area contributed by atoms with E-state index >= 15 is 0 Å². The van der Waals surface area contributed by atoms with Gasteiger partial charge in [0.25, 0.3) is 0 Å². The maximum atomic E-state index is 11.0. The average Bonchev–Trinajstić information content (AvgIpc) is 2.20. The number of hydroxylamine groups is 1. The van der Waals surface area contributed by atoms with Crippen molar-refractivity contribution in [2.75, 3.05) is 6.61 Å². The van der Waals surface area contributed by atoms with Crippen LogP contribution in [-0.4, -0.2) is 12.7 Å². The van der Waals surface area contributed by atoms with Crippen molar-refractivity contribution < 1.29 is 14.4 Å². The first-order chi connectivity index (χ1) is 6.83. The SMILES string of the molecule is C#CCONC(=O)Oc1ccccc1. The van der Waals surface area contributed by atoms with Gasteiger partial charge in [-0.2, -0.15) is 5.48 Å². The summed E-state index contributed by atoms with van der Waals surface area (Å²) in [6.45, 7) is 0.00386. The van der Waals surface area contributed by atoms with Crippen molar-refractivity contribution in [3.63, 3.8) is 0 Å². The molecule has 1 amide bonds. The lowest BCUT2D eigenvalue weighted by Gasteiger charge is -2.04. The summed E-state index contributed by atoms with van der Waals surface area (Å²) >= 11 is 0. The third-order valence-electron chi connectivity index (χ3n) is 1.26. The molecular formula is C10H9NO3. The minimum absolute atomic E-state index is 0.00386. The standard InChI is InChI=1S/C10H9NO3/c1-2-8-13-11-10(12)14-9-6-4-3-5-7-9/h1,3-7H,8H2,(H,11,12). The molecule has 0 radical (unpaired) electrons. The monoisotopic (exact) mass is 191 g/mol. The molecule has 1 aromatic rings. The fraction of sp³-hybridized carbons (Fsp3) is 0.100. The molecule has 0 fully saturated rings. The van der Waals surface area contributed by atoms with Gasteiger partial charge in [-0.3, -0.25) is 4.84 Å². The number of hydrogen-bond acceptors (Lipinski definition) is 3. The summed E-state index contributed by atoms with van der Waals surface area (Å²) in [6.07, 6.45) is 4.20. The van der Waals surface area contributed by atoms with Gasteiger partial charge in [0.05, 0.1) is 0 Å². The zero-order valence-electron chi connectivity index (χ0n) is 7.40. The Morgan fingerprint density at radius 2 is 2.14 bits per heavy atom. The number of rotatable bonds is 3. The third-order valence-corrected chi connectivity index (χ3v) is 1.26. The van der Waals surface area contributed by atoms with Crippen LogP contribution in [0.2, 0.25) is 0 Å². The molecule has 0 aliphatic heterocycles. The van der Waals surface area contributed by atoms with Crippen LogP contribution in [0.15, 0.2) is 30.3 Å². The van der Waals surface area contributed by atoms with Gasteiger partial charge in [-0.05, 0) is 12.1 Å². The minimum atomic E-state index is -0.702. The number of carbonyl (C=O) groups is 1. The summed E-state index contributed by atoms with van der Waals surface area (Å²) in [4.78, 5) is 15.5. The van der Waals surface area contributed by atoms with E-state index in [4.69, 9.17) is 11.2 Å². The van der Waals surface area contributed by atoms with Gasteiger partial charge in [-0.25, -0.2) is 4.79 Å². The molecule has 0 saturated carbocycles. The first kappa shape index (κ1) is 10.1. The molecule has 0 unspecified atom stereocenters. The van der Waals surface area contributed by atoms with Crippen LogP contribution in [-0.2, 0) is 4.84 Å². The fourth-order valence-electron chi connectivity index (χ4n) is 0.753. The van der Waals surface area contributed by atoms with E-state index in [1.807, 2.05) is 11.5 Å². The van der Waals surface area contributed by atoms with Crippen LogP contribution >= 0.6 is 0 Å². The summed E-state index contributed by atoms with van der Waals surface area (Å²) < 4.78 is 4.82. The number of carbonyl (C=O) groups excluding carboxylic acids is 1. The topological polar surface area (TPSA) is 47.6 Å². The van der Waals surface area contributed by atoms with Crippen LogP contribution in [0, 0.1) is 12.3 Å². The summed E-state index contributed by atoms with van der Waals surface area (Å²) in [5.74, 6) is 2.63. The number of amides is 1. The van der Waals surface area contributed by atoms with Gasteiger partial charge in [0, 0.05) is 0 Å². The van der Waals surface area contributed by atoms with Crippen molar-refractivity contribution in [3.8, 4) is 18.1 Å². The van der Waals surface area contributed by atoms with Crippen LogP contribution in [0.1, 0.15) is 0 Å². The maximum absolute atomic E-state index is 11.0. The van der Waals surface area contributed by atoms with Gasteiger partial charge >= 0.3 is 6.09 Å². The third kappa shape index (κ3) is 3.61. The van der Waals surface area contributed by atoms with Gasteiger partial charge in [0.15, 0.2) is 0 Å². The van der Waals surface area contributed by atoms with E-state index in [0.717, 1.165) is 0 Å². The van der Waals surface area contributed by atoms with Gasteiger partial charge in [-0.1, -0.05) is 24.1 Å². The maximum Gasteiger partial charge on any atom is 0.436 e. The van der Waals surface area contributed by atoms with E-state index in [2.05, 4.69) is 10.8 Å². The normalized spacial score (nSPS) is 8.79. The molecule has 1 rings (SSSR count). The van der Waals surface area contributed by atoms with Crippen LogP contribution < -0.4 is 10.2 Å². The van der Waals surface area contributed by atoms with Crippen molar-refractivity contribution in [1.29, 1.82) is 0 Å². The number of terminal acetylenes is 1. The summed E-state index contributed by atoms with van der Waals surface area (Å²) in [5.41, 5.74) is 2.03. The van der Waals surface area contributed by atoms with E-state index in [1.54, 1.807) is 24.3 Å². The lowest BCUT2D eigenvalue weighted by atomic mass is 10.3. The van der Waals surface area contributed by atoms with E-state index < -0.39 is 6.09 Å². The summed E-state index contributed by atoms with van der Waals surface area (Å²) in [6, 6.07) is 8.64. The Bertz CT molecular complexity index is 329. The number of ether oxygens (including phenoxy) is 1. The van der Waals surface area contributed by atoms with Crippen LogP contribution in [0.4, 0.5) is 4.79 Å². The van der Waals surface area contributed by atoms with Crippen molar-refractivity contribution >= 4 is 6.09 Å². The highest BCUT2D eigenvalue weighted by Crippen LogP contribution is 2.07. The Balaban J connectivity index is 2.32. The number of hydrogen-bond donors (Lipinski definition) is 1. The lowest BCUT2D eigenvalue weighted by molar-refractivity contribution is 0.0657. The van der Waals surface area contributed by atoms with E-state index in [9.17, 15) is 4.79 Å². The summed E-state index contributed by atoms with van der Waals surface area (Å²) in [7, 11) is 0. The second-order valence-corrected chi connectivity index (χ2v) is 2.30. The molecule has 0 atom stereocenters. The molecule has 0 saturated heterocycles. The predicted molar refractivity (Wildman–Crippen MR) is 50.4 cm³/mol. The van der Waals surface area contributed by atoms with Crippen LogP contribution in [0.3, 0.4) is 0 Å². The minimum Gasteiger partial charge on any atom is -0.409 e. The fourth-order valence-corrected chi connectivity index (χ4v) is 0.753. The number of nitrogens with one attached hydrogen (secondary N) is 1. The summed E-state index contributed by atoms with van der Waals surface area (Å²) in [5, 5.41) is 0. The molecule has 0 heterocycles. The van der Waals surface area contributed by atoms with Crippen LogP contribution in [0.5, 0.6) is 5.75 Å². The largest absolute Gasteiger partial charge is 0.436 e. The molecule has 0 bridgehead atoms. The molecule has 4 heteroatoms. The molecule has 0 aromatic heterocycles. The molecule has 4 nitrogen and oxygen atoms in total. The zero-order valence-corrected chi connectivity index (χ0v) is 7.40. The smallest absolute Gasteiger partial charge is 0.409 e. The quantitative estimate of drug-likeness (QED) is 0.445. The van der Waals surface area contributed by atoms with Crippen molar-refractivity contribution in [3.05, 3.63) is 30.3 Å². The van der Waals surface area contributed by atoms with E-state index in [0.29, 0.717) is 5.75 Å². The van der Waals surface area contributed by atoms with Gasteiger partial charge in [-0.15, -0.1) is 6.42 Å². The van der Waals surface area contributed by atoms with E-state index in [-0.39, 0.29) is 6.61 Å². The predicted octanol–water partition coefficient (Wildman–Crippen LogP) is 1.34. The molecule has 0 spiro atoms. The molecule has 1 aromatic carbocycles. The Labute approximate surface area is 81.8 Å². The number of para-hydroxylation sites is 1. The molecule has 72 valence electrons. The van der Waals surface area contributed by atoms with Gasteiger partial charge in [0.1, 0.15) is 12.4 Å². The highest BCUT2D eigenvalue weighted by atomic mass is 16.7. The molecule has 14 heavy (non-hydrogen) atoms. The Hall–Kier alpha value is -1.99. The molecule has 0 aliphatic rings. The zero-order chi connectivity index (χ0) is 10.2. The Morgan fingerprint density at radius 1 is 1.43 bits per heavy atom. The molecule has 0 aliphatic carbocycles. The van der Waals surface area contributed by atoms with Crippen molar-refractivity contribution in [2.24, 2.45) is 0 Å². The average molecular weight is 191 g/mol. The lowest BCUT2D eigenvalue weighted by Crippen LogP contribution is -2.27. The first-order valence-electron chi connectivity index (χ1n) is 3.91. The highest BCUT2D eigenvalue weighted by molar-refractivity contribution is 5.69. The van der Waals surface area contributed by atoms with Crippen molar-refractivity contribution in [2.45, 2.75) is 0 Å². The first-order valence-corrected chi connectivity index (χ1v) is 3.91. The van der Waals surface area contributed by atoms with Gasteiger partial charge in [0.2, 0.25) is 0 Å². The Morgan fingerprint density at radius 3 is 2.79 bits per heavy atom. The number of benzene rings is 1. The van der Waals surface area contributed by atoms with Crippen molar-refractivity contribution in [1.82, 2.24) is 5.48 Å². The van der Waals surface area contributed by atoms with Crippen LogP contribution in [0.25, 0.3) is 0 Å². The second-order valence-electron chi connectivity index (χ2n) is 2.30. The Kier molecular flexibility index (Phi) is 4.05. The highest BCUT2D eigenvalue weighted by Gasteiger charge is 2.01. The molecular weight excluding hydrogens is 182 g/mol. The van der Waals surface area contributed by atoms with Gasteiger partial charge < -0.3 is 4.74 Å². The second kappa shape index (κ2) is 5.62. The van der Waals surface area contributed by atoms with E-state index in [1.165, 1.54) is 0 Å². The molecule has 1 N–H and O–H groups in total.